The first kappa shape index (κ1) is 12.3. The molecule has 2 aromatic carbocycles. The number of aromatic hydroxyl groups is 1. The predicted octanol–water partition coefficient (Wildman–Crippen LogP) is 3.06. The number of phenols is 1. The smallest absolute Gasteiger partial charge is 0.193 e. The SMILES string of the molecule is Cc1cc(N)c(-c2cc(=O)c3ccccc3o2)cc1O. The lowest BCUT2D eigenvalue weighted by Gasteiger charge is -2.08. The Bertz CT molecular complexity index is 865. The molecule has 0 saturated carbocycles. The Hall–Kier alpha value is -2.75. The van der Waals surface area contributed by atoms with E-state index in [1.807, 2.05) is 0 Å². The first-order valence-corrected chi connectivity index (χ1v) is 6.18. The summed E-state index contributed by atoms with van der Waals surface area (Å²) in [5.41, 5.74) is 7.94. The van der Waals surface area contributed by atoms with Gasteiger partial charge in [0.15, 0.2) is 5.43 Å². The minimum absolute atomic E-state index is 0.116. The molecule has 0 aliphatic carbocycles. The second-order valence-electron chi connectivity index (χ2n) is 4.70. The number of nitrogens with two attached hydrogens (primary N) is 1. The molecule has 0 saturated heterocycles. The number of phenolic OH excluding ortho intramolecular Hbond substituents is 1. The van der Waals surface area contributed by atoms with Gasteiger partial charge in [0, 0.05) is 17.3 Å². The Morgan fingerprint density at radius 1 is 1.15 bits per heavy atom. The maximum atomic E-state index is 12.1. The van der Waals surface area contributed by atoms with Crippen molar-refractivity contribution < 1.29 is 9.52 Å². The van der Waals surface area contributed by atoms with Gasteiger partial charge in [0.05, 0.1) is 5.39 Å². The molecule has 0 bridgehead atoms. The van der Waals surface area contributed by atoms with Crippen LogP contribution in [0.5, 0.6) is 5.75 Å². The molecule has 0 aliphatic rings. The molecule has 20 heavy (non-hydrogen) atoms. The van der Waals surface area contributed by atoms with Gasteiger partial charge in [-0.25, -0.2) is 0 Å². The monoisotopic (exact) mass is 267 g/mol. The number of hydrogen-bond acceptors (Lipinski definition) is 4. The van der Waals surface area contributed by atoms with Crippen LogP contribution < -0.4 is 11.2 Å². The molecule has 3 N–H and O–H groups in total. The number of aryl methyl sites for hydroxylation is 1. The van der Waals surface area contributed by atoms with Gasteiger partial charge >= 0.3 is 0 Å². The molecule has 100 valence electrons. The zero-order valence-corrected chi connectivity index (χ0v) is 10.9. The van der Waals surface area contributed by atoms with Gasteiger partial charge in [0.1, 0.15) is 17.1 Å². The topological polar surface area (TPSA) is 76.5 Å². The fraction of sp³-hybridized carbons (Fsp3) is 0.0625. The van der Waals surface area contributed by atoms with Gasteiger partial charge in [-0.2, -0.15) is 0 Å². The summed E-state index contributed by atoms with van der Waals surface area (Å²) >= 11 is 0. The zero-order valence-electron chi connectivity index (χ0n) is 10.9. The summed E-state index contributed by atoms with van der Waals surface area (Å²) in [6, 6.07) is 11.6. The molecule has 0 unspecified atom stereocenters. The Balaban J connectivity index is 2.30. The molecule has 3 rings (SSSR count). The fourth-order valence-corrected chi connectivity index (χ4v) is 2.17. The molecule has 1 aromatic heterocycles. The molecule has 0 spiro atoms. The van der Waals surface area contributed by atoms with E-state index in [2.05, 4.69) is 0 Å². The van der Waals surface area contributed by atoms with Gasteiger partial charge in [0.25, 0.3) is 0 Å². The maximum absolute atomic E-state index is 12.1. The van der Waals surface area contributed by atoms with Crippen LogP contribution >= 0.6 is 0 Å². The lowest BCUT2D eigenvalue weighted by atomic mass is 10.1. The van der Waals surface area contributed by atoms with Gasteiger partial charge in [-0.1, -0.05) is 12.1 Å². The van der Waals surface area contributed by atoms with Crippen molar-refractivity contribution in [3.05, 3.63) is 58.3 Å². The third kappa shape index (κ3) is 1.91. The van der Waals surface area contributed by atoms with Crippen molar-refractivity contribution >= 4 is 16.7 Å². The highest BCUT2D eigenvalue weighted by Gasteiger charge is 2.11. The number of fused-ring (bicyclic) bond motifs is 1. The van der Waals surface area contributed by atoms with Crippen molar-refractivity contribution in [2.24, 2.45) is 0 Å². The van der Waals surface area contributed by atoms with E-state index in [0.717, 1.165) is 0 Å². The summed E-state index contributed by atoms with van der Waals surface area (Å²) in [5.74, 6) is 0.464. The van der Waals surface area contributed by atoms with Gasteiger partial charge < -0.3 is 15.3 Å². The van der Waals surface area contributed by atoms with E-state index in [1.165, 1.54) is 12.1 Å². The van der Waals surface area contributed by atoms with E-state index < -0.39 is 0 Å². The van der Waals surface area contributed by atoms with E-state index >= 15 is 0 Å². The fourth-order valence-electron chi connectivity index (χ4n) is 2.17. The quantitative estimate of drug-likeness (QED) is 0.524. The van der Waals surface area contributed by atoms with Crippen LogP contribution in [0.4, 0.5) is 5.69 Å². The van der Waals surface area contributed by atoms with Crippen LogP contribution in [-0.2, 0) is 0 Å². The van der Waals surface area contributed by atoms with Crippen LogP contribution in [0.2, 0.25) is 0 Å². The Morgan fingerprint density at radius 2 is 1.90 bits per heavy atom. The van der Waals surface area contributed by atoms with Crippen molar-refractivity contribution in [2.45, 2.75) is 6.92 Å². The van der Waals surface area contributed by atoms with Crippen molar-refractivity contribution in [1.82, 2.24) is 0 Å². The average molecular weight is 267 g/mol. The van der Waals surface area contributed by atoms with E-state index in [9.17, 15) is 9.90 Å². The normalized spacial score (nSPS) is 10.8. The second-order valence-corrected chi connectivity index (χ2v) is 4.70. The average Bonchev–Trinajstić information content (AvgIpc) is 2.43. The molecule has 0 atom stereocenters. The van der Waals surface area contributed by atoms with Crippen LogP contribution in [0, 0.1) is 6.92 Å². The van der Waals surface area contributed by atoms with Crippen LogP contribution in [0.3, 0.4) is 0 Å². The second kappa shape index (κ2) is 4.42. The highest BCUT2D eigenvalue weighted by molar-refractivity contribution is 5.81. The molecular weight excluding hydrogens is 254 g/mol. The van der Waals surface area contributed by atoms with Crippen LogP contribution in [-0.4, -0.2) is 5.11 Å². The highest BCUT2D eigenvalue weighted by Crippen LogP contribution is 2.32. The molecule has 0 amide bonds. The number of rotatable bonds is 1. The van der Waals surface area contributed by atoms with Gasteiger partial charge in [-0.3, -0.25) is 4.79 Å². The zero-order chi connectivity index (χ0) is 14.3. The van der Waals surface area contributed by atoms with Crippen molar-refractivity contribution in [2.75, 3.05) is 5.73 Å². The number of hydrogen-bond donors (Lipinski definition) is 2. The maximum Gasteiger partial charge on any atom is 0.193 e. The van der Waals surface area contributed by atoms with Crippen LogP contribution in [0.15, 0.2) is 51.7 Å². The van der Waals surface area contributed by atoms with Crippen molar-refractivity contribution in [1.29, 1.82) is 0 Å². The summed E-state index contributed by atoms with van der Waals surface area (Å²) in [5, 5.41) is 10.3. The highest BCUT2D eigenvalue weighted by atomic mass is 16.3. The van der Waals surface area contributed by atoms with E-state index in [1.54, 1.807) is 37.3 Å². The number of para-hydroxylation sites is 1. The van der Waals surface area contributed by atoms with Gasteiger partial charge in [0.2, 0.25) is 0 Å². The van der Waals surface area contributed by atoms with Gasteiger partial charge in [-0.15, -0.1) is 0 Å². The number of benzene rings is 2. The van der Waals surface area contributed by atoms with Crippen LogP contribution in [0.1, 0.15) is 5.56 Å². The molecule has 0 radical (unpaired) electrons. The van der Waals surface area contributed by atoms with E-state index in [-0.39, 0.29) is 11.2 Å². The molecule has 4 nitrogen and oxygen atoms in total. The van der Waals surface area contributed by atoms with E-state index in [4.69, 9.17) is 10.2 Å². The Kier molecular flexibility index (Phi) is 2.71. The minimum atomic E-state index is -0.138. The predicted molar refractivity (Wildman–Crippen MR) is 78.7 cm³/mol. The molecule has 1 heterocycles. The summed E-state index contributed by atoms with van der Waals surface area (Å²) in [4.78, 5) is 12.1. The molecular formula is C16H13NO3. The van der Waals surface area contributed by atoms with Crippen molar-refractivity contribution in [3.8, 4) is 17.1 Å². The largest absolute Gasteiger partial charge is 0.508 e. The molecule has 4 heteroatoms. The summed E-state index contributed by atoms with van der Waals surface area (Å²) in [6.45, 7) is 1.76. The Labute approximate surface area is 115 Å². The Morgan fingerprint density at radius 3 is 2.70 bits per heavy atom. The summed E-state index contributed by atoms with van der Waals surface area (Å²) in [6.07, 6.45) is 0. The summed E-state index contributed by atoms with van der Waals surface area (Å²) < 4.78 is 5.71. The first-order valence-electron chi connectivity index (χ1n) is 6.18. The first-order chi connectivity index (χ1) is 9.56. The standard InChI is InChI=1S/C16H13NO3/c1-9-6-12(17)11(7-13(9)18)16-8-14(19)10-4-2-3-5-15(10)20-16/h2-8,18H,17H2,1H3. The lowest BCUT2D eigenvalue weighted by molar-refractivity contribution is 0.471. The van der Waals surface area contributed by atoms with Gasteiger partial charge in [-0.05, 0) is 36.8 Å². The molecule has 0 aliphatic heterocycles. The van der Waals surface area contributed by atoms with E-state index in [0.29, 0.717) is 33.5 Å². The third-order valence-electron chi connectivity index (χ3n) is 3.27. The van der Waals surface area contributed by atoms with Crippen LogP contribution in [0.25, 0.3) is 22.3 Å². The number of anilines is 1. The molecule has 0 fully saturated rings. The molecule has 3 aromatic rings. The summed E-state index contributed by atoms with van der Waals surface area (Å²) in [7, 11) is 0. The van der Waals surface area contributed by atoms with Crippen molar-refractivity contribution in [3.63, 3.8) is 0 Å². The lowest BCUT2D eigenvalue weighted by Crippen LogP contribution is -2.01. The minimum Gasteiger partial charge on any atom is -0.508 e. The number of nitrogen functional groups attached to an aromatic ring is 1. The third-order valence-corrected chi connectivity index (χ3v) is 3.27.